The third-order valence-electron chi connectivity index (χ3n) is 3.44. The van der Waals surface area contributed by atoms with Gasteiger partial charge in [-0.05, 0) is 19.1 Å². The van der Waals surface area contributed by atoms with E-state index in [0.717, 1.165) is 44.9 Å². The van der Waals surface area contributed by atoms with Crippen LogP contribution in [0, 0.1) is 5.92 Å². The normalized spacial score (nSPS) is 23.2. The van der Waals surface area contributed by atoms with Gasteiger partial charge < -0.3 is 14.4 Å². The first kappa shape index (κ1) is 13.2. The van der Waals surface area contributed by atoms with E-state index in [1.54, 1.807) is 11.8 Å². The Labute approximate surface area is 107 Å². The van der Waals surface area contributed by atoms with E-state index in [1.165, 1.54) is 0 Å². The number of rotatable bonds is 4. The molecular formula is C12H21NO3S. The second-order valence-electron chi connectivity index (χ2n) is 4.57. The number of hydrogen-bond donors (Lipinski definition) is 0. The molecule has 2 fully saturated rings. The van der Waals surface area contributed by atoms with Gasteiger partial charge in [0.2, 0.25) is 5.91 Å². The lowest BCUT2D eigenvalue weighted by molar-refractivity contribution is -0.136. The van der Waals surface area contributed by atoms with Gasteiger partial charge in [0.15, 0.2) is 6.29 Å². The highest BCUT2D eigenvalue weighted by molar-refractivity contribution is 7.98. The Bertz CT molecular complexity index is 248. The van der Waals surface area contributed by atoms with Crippen LogP contribution in [0.5, 0.6) is 0 Å². The molecule has 0 aliphatic carbocycles. The number of piperidine rings is 1. The molecule has 4 nitrogen and oxygen atoms in total. The Morgan fingerprint density at radius 3 is 2.53 bits per heavy atom. The second-order valence-corrected chi connectivity index (χ2v) is 5.56. The molecule has 0 aromatic heterocycles. The van der Waals surface area contributed by atoms with E-state index in [0.29, 0.717) is 18.2 Å². The molecule has 0 radical (unpaired) electrons. The third kappa shape index (κ3) is 3.60. The number of carbonyl (C=O) groups excluding carboxylic acids is 1. The second kappa shape index (κ2) is 6.61. The van der Waals surface area contributed by atoms with Crippen LogP contribution in [0.1, 0.15) is 19.3 Å². The van der Waals surface area contributed by atoms with E-state index in [4.69, 9.17) is 9.47 Å². The summed E-state index contributed by atoms with van der Waals surface area (Å²) in [5.74, 6) is 1.70. The number of ether oxygens (including phenoxy) is 2. The van der Waals surface area contributed by atoms with Gasteiger partial charge in [0.05, 0.1) is 13.2 Å². The molecule has 1 amide bonds. The van der Waals surface area contributed by atoms with Crippen molar-refractivity contribution in [2.75, 3.05) is 38.3 Å². The van der Waals surface area contributed by atoms with Crippen LogP contribution >= 0.6 is 11.8 Å². The van der Waals surface area contributed by atoms with E-state index in [1.807, 2.05) is 11.2 Å². The number of likely N-dealkylation sites (tertiary alicyclic amines) is 1. The fourth-order valence-electron chi connectivity index (χ4n) is 2.42. The molecule has 0 spiro atoms. The van der Waals surface area contributed by atoms with Crippen LogP contribution in [0.4, 0.5) is 0 Å². The van der Waals surface area contributed by atoms with Crippen molar-refractivity contribution >= 4 is 17.7 Å². The molecule has 2 heterocycles. The van der Waals surface area contributed by atoms with Crippen LogP contribution in [-0.2, 0) is 14.3 Å². The average molecular weight is 259 g/mol. The summed E-state index contributed by atoms with van der Waals surface area (Å²) < 4.78 is 11.0. The first-order valence-corrected chi connectivity index (χ1v) is 7.70. The summed E-state index contributed by atoms with van der Waals surface area (Å²) in [5.41, 5.74) is 0. The van der Waals surface area contributed by atoms with Crippen molar-refractivity contribution in [3.63, 3.8) is 0 Å². The lowest BCUT2D eigenvalue weighted by atomic mass is 9.96. The van der Waals surface area contributed by atoms with E-state index in [2.05, 4.69) is 0 Å². The summed E-state index contributed by atoms with van der Waals surface area (Å²) in [6.07, 6.45) is 4.71. The summed E-state index contributed by atoms with van der Waals surface area (Å²) in [4.78, 5) is 13.8. The maximum absolute atomic E-state index is 11.8. The van der Waals surface area contributed by atoms with Gasteiger partial charge in [0.1, 0.15) is 0 Å². The molecule has 2 saturated heterocycles. The molecule has 98 valence electrons. The van der Waals surface area contributed by atoms with Crippen molar-refractivity contribution < 1.29 is 14.3 Å². The SMILES string of the molecule is CSCCC(=O)N1CCC(C2OCCO2)CC1. The van der Waals surface area contributed by atoms with Crippen LogP contribution in [-0.4, -0.2) is 55.4 Å². The largest absolute Gasteiger partial charge is 0.350 e. The Morgan fingerprint density at radius 2 is 1.94 bits per heavy atom. The smallest absolute Gasteiger partial charge is 0.223 e. The van der Waals surface area contributed by atoms with Gasteiger partial charge in [-0.3, -0.25) is 4.79 Å². The maximum Gasteiger partial charge on any atom is 0.223 e. The first-order valence-electron chi connectivity index (χ1n) is 6.31. The van der Waals surface area contributed by atoms with E-state index in [-0.39, 0.29) is 6.29 Å². The van der Waals surface area contributed by atoms with Crippen molar-refractivity contribution in [1.82, 2.24) is 4.90 Å². The van der Waals surface area contributed by atoms with Crippen molar-refractivity contribution in [3.05, 3.63) is 0 Å². The van der Waals surface area contributed by atoms with E-state index in [9.17, 15) is 4.79 Å². The zero-order valence-corrected chi connectivity index (χ0v) is 11.2. The standard InChI is InChI=1S/C12H21NO3S/c1-17-9-4-11(14)13-5-2-10(3-6-13)12-15-7-8-16-12/h10,12H,2-9H2,1H3. The molecule has 0 unspecified atom stereocenters. The Morgan fingerprint density at radius 1 is 1.29 bits per heavy atom. The minimum atomic E-state index is -0.0153. The molecule has 0 bridgehead atoms. The lowest BCUT2D eigenvalue weighted by Crippen LogP contribution is -2.41. The molecular weight excluding hydrogens is 238 g/mol. The molecule has 0 aromatic carbocycles. The molecule has 17 heavy (non-hydrogen) atoms. The minimum Gasteiger partial charge on any atom is -0.350 e. The predicted molar refractivity (Wildman–Crippen MR) is 68.0 cm³/mol. The van der Waals surface area contributed by atoms with Crippen LogP contribution in [0.3, 0.4) is 0 Å². The third-order valence-corrected chi connectivity index (χ3v) is 4.06. The number of nitrogens with zero attached hydrogens (tertiary/aromatic N) is 1. The first-order chi connectivity index (χ1) is 8.31. The number of amides is 1. The summed E-state index contributed by atoms with van der Waals surface area (Å²) in [7, 11) is 0. The van der Waals surface area contributed by atoms with Crippen LogP contribution in [0.25, 0.3) is 0 Å². The summed E-state index contributed by atoms with van der Waals surface area (Å²) >= 11 is 1.73. The minimum absolute atomic E-state index is 0.0153. The Balaban J connectivity index is 1.71. The maximum atomic E-state index is 11.8. The van der Waals surface area contributed by atoms with Gasteiger partial charge in [-0.1, -0.05) is 0 Å². The van der Waals surface area contributed by atoms with Gasteiger partial charge in [-0.2, -0.15) is 11.8 Å². The van der Waals surface area contributed by atoms with E-state index >= 15 is 0 Å². The number of carbonyl (C=O) groups is 1. The summed E-state index contributed by atoms with van der Waals surface area (Å²) in [5, 5.41) is 0. The summed E-state index contributed by atoms with van der Waals surface area (Å²) in [6.45, 7) is 3.16. The van der Waals surface area contributed by atoms with Crippen molar-refractivity contribution in [2.45, 2.75) is 25.6 Å². The van der Waals surface area contributed by atoms with Crippen LogP contribution in [0.2, 0.25) is 0 Å². The van der Waals surface area contributed by atoms with Crippen molar-refractivity contribution in [1.29, 1.82) is 0 Å². The van der Waals surface area contributed by atoms with Gasteiger partial charge >= 0.3 is 0 Å². The monoisotopic (exact) mass is 259 g/mol. The molecule has 0 atom stereocenters. The van der Waals surface area contributed by atoms with Gasteiger partial charge in [-0.25, -0.2) is 0 Å². The topological polar surface area (TPSA) is 38.8 Å². The molecule has 2 rings (SSSR count). The lowest BCUT2D eigenvalue weighted by Gasteiger charge is -2.33. The van der Waals surface area contributed by atoms with Gasteiger partial charge in [-0.15, -0.1) is 0 Å². The summed E-state index contributed by atoms with van der Waals surface area (Å²) in [6, 6.07) is 0. The Hall–Kier alpha value is -0.260. The molecule has 2 aliphatic heterocycles. The zero-order chi connectivity index (χ0) is 12.1. The van der Waals surface area contributed by atoms with Gasteiger partial charge in [0.25, 0.3) is 0 Å². The molecule has 2 aliphatic rings. The highest BCUT2D eigenvalue weighted by Gasteiger charge is 2.31. The van der Waals surface area contributed by atoms with E-state index < -0.39 is 0 Å². The average Bonchev–Trinajstić information content (AvgIpc) is 2.90. The number of thioether (sulfide) groups is 1. The quantitative estimate of drug-likeness (QED) is 0.764. The van der Waals surface area contributed by atoms with Crippen molar-refractivity contribution in [2.24, 2.45) is 5.92 Å². The van der Waals surface area contributed by atoms with Crippen LogP contribution < -0.4 is 0 Å². The highest BCUT2D eigenvalue weighted by atomic mass is 32.2. The predicted octanol–water partition coefficient (Wildman–Crippen LogP) is 1.35. The van der Waals surface area contributed by atoms with Gasteiger partial charge in [0, 0.05) is 31.2 Å². The zero-order valence-electron chi connectivity index (χ0n) is 10.4. The van der Waals surface area contributed by atoms with Crippen LogP contribution in [0.15, 0.2) is 0 Å². The highest BCUT2D eigenvalue weighted by Crippen LogP contribution is 2.26. The fraction of sp³-hybridized carbons (Fsp3) is 0.917. The molecule has 5 heteroatoms. The fourth-order valence-corrected chi connectivity index (χ4v) is 2.80. The molecule has 0 aromatic rings. The molecule has 0 saturated carbocycles. The Kier molecular flexibility index (Phi) is 5.13. The molecule has 0 N–H and O–H groups in total. The number of hydrogen-bond acceptors (Lipinski definition) is 4. The van der Waals surface area contributed by atoms with Crippen molar-refractivity contribution in [3.8, 4) is 0 Å².